The van der Waals surface area contributed by atoms with Crippen LogP contribution in [0.2, 0.25) is 19.6 Å². The van der Waals surface area contributed by atoms with Gasteiger partial charge in [0.1, 0.15) is 28.3 Å². The zero-order valence-corrected chi connectivity index (χ0v) is 39.0. The number of imidazole rings is 1. The van der Waals surface area contributed by atoms with E-state index >= 15 is 0 Å². The second-order valence-corrected chi connectivity index (χ2v) is 25.0. The highest BCUT2D eigenvalue weighted by molar-refractivity contribution is 6.88. The molecule has 2 aliphatic heterocycles. The van der Waals surface area contributed by atoms with Crippen LogP contribution in [0.15, 0.2) is 151 Å². The highest BCUT2D eigenvalue weighted by Crippen LogP contribution is 2.48. The summed E-state index contributed by atoms with van der Waals surface area (Å²) in [6.45, 7) is 21.7. The van der Waals surface area contributed by atoms with E-state index in [4.69, 9.17) is 11.0 Å². The molecule has 0 N–H and O–H groups in total. The molecule has 2 aliphatic rings. The van der Waals surface area contributed by atoms with E-state index in [9.17, 15) is 4.39 Å². The quantitative estimate of drug-likeness (QED) is 0.125. The Morgan fingerprint density at radius 3 is 2.20 bits per heavy atom. The molecule has 0 amide bonds. The standard InChI is InChI=1S/C58H56FN3OSi/c1-35(2)43-16-13-17-44(36(3)4)56(43)62-52-19-12-11-18-51(52)61-37(5)32-53-47(45-14-9-10-15-46(45)50-31-27-42(34-60(50)53)64(6,7)8)28-22-39-23-30-49-48-29-24-40(38-20-25-41(59)26-21-38)33-54(48)63-57(49)55(39)58(61)62/h9-21,23-27,29-31,33-36,47,53H,5,22,28,32H2,1-4,6-8H3/q+2. The summed E-state index contributed by atoms with van der Waals surface area (Å²) in [6, 6.07) is 47.7. The fourth-order valence-corrected chi connectivity index (χ4v) is 12.1. The molecule has 0 spiro atoms. The number of allylic oxidation sites excluding steroid dienone is 1. The zero-order valence-electron chi connectivity index (χ0n) is 38.0. The number of aryl methyl sites for hydroxylation is 1. The lowest BCUT2D eigenvalue weighted by Crippen LogP contribution is -2.53. The van der Waals surface area contributed by atoms with Gasteiger partial charge in [-0.15, -0.1) is 0 Å². The Kier molecular flexibility index (Phi) is 9.55. The lowest BCUT2D eigenvalue weighted by Gasteiger charge is -2.32. The van der Waals surface area contributed by atoms with Crippen molar-refractivity contribution in [2.45, 2.75) is 90.4 Å². The minimum Gasteiger partial charge on any atom is -0.455 e. The number of furan rings is 1. The fraction of sp³-hybridized carbons (Fsp3) is 0.241. The van der Waals surface area contributed by atoms with Crippen molar-refractivity contribution in [3.8, 4) is 39.5 Å². The monoisotopic (exact) mass is 857 g/mol. The van der Waals surface area contributed by atoms with Crippen molar-refractivity contribution in [2.24, 2.45) is 0 Å². The van der Waals surface area contributed by atoms with Gasteiger partial charge in [-0.25, -0.2) is 4.39 Å². The van der Waals surface area contributed by atoms with E-state index in [1.165, 1.54) is 56.5 Å². The zero-order chi connectivity index (χ0) is 44.2. The number of para-hydroxylation sites is 3. The molecule has 0 fully saturated rings. The third-order valence-electron chi connectivity index (χ3n) is 14.3. The topological polar surface area (TPSA) is 25.8 Å². The largest absolute Gasteiger partial charge is 0.455 e. The molecule has 0 radical (unpaired) electrons. The van der Waals surface area contributed by atoms with Gasteiger partial charge in [0.2, 0.25) is 5.69 Å². The van der Waals surface area contributed by atoms with Crippen LogP contribution in [0.4, 0.5) is 4.39 Å². The summed E-state index contributed by atoms with van der Waals surface area (Å²) in [5.74, 6) is 1.65. The fourth-order valence-electron chi connectivity index (χ4n) is 11.0. The minimum absolute atomic E-state index is 0.159. The first kappa shape index (κ1) is 40.4. The van der Waals surface area contributed by atoms with Gasteiger partial charge >= 0.3 is 5.82 Å². The molecule has 6 aromatic carbocycles. The highest BCUT2D eigenvalue weighted by Gasteiger charge is 2.45. The molecular formula is C58H56FN3OSi+2. The molecule has 0 saturated carbocycles. The van der Waals surface area contributed by atoms with Gasteiger partial charge in [-0.1, -0.05) is 139 Å². The number of aromatic nitrogens is 3. The van der Waals surface area contributed by atoms with Crippen LogP contribution in [0.1, 0.15) is 86.6 Å². The summed E-state index contributed by atoms with van der Waals surface area (Å²) in [6.07, 6.45) is 5.10. The first-order valence-corrected chi connectivity index (χ1v) is 26.6. The molecule has 0 aliphatic carbocycles. The average Bonchev–Trinajstić information content (AvgIpc) is 3.83. The molecule has 0 bridgehead atoms. The molecule has 11 rings (SSSR count). The van der Waals surface area contributed by atoms with Crippen LogP contribution >= 0.6 is 0 Å². The maximum atomic E-state index is 14.1. The normalized spacial score (nSPS) is 16.2. The van der Waals surface area contributed by atoms with Gasteiger partial charge < -0.3 is 4.42 Å². The summed E-state index contributed by atoms with van der Waals surface area (Å²) in [4.78, 5) is 0. The number of nitrogens with zero attached hydrogens (tertiary/aromatic N) is 3. The summed E-state index contributed by atoms with van der Waals surface area (Å²) in [5.41, 5.74) is 17.2. The molecule has 2 unspecified atom stereocenters. The van der Waals surface area contributed by atoms with Gasteiger partial charge in [-0.3, -0.25) is 0 Å². The van der Waals surface area contributed by atoms with Gasteiger partial charge in [-0.05, 0) is 89.4 Å². The van der Waals surface area contributed by atoms with Crippen LogP contribution in [0, 0.1) is 5.82 Å². The third kappa shape index (κ3) is 6.35. The first-order valence-electron chi connectivity index (χ1n) is 23.1. The lowest BCUT2D eigenvalue weighted by atomic mass is 9.77. The second kappa shape index (κ2) is 15.1. The van der Waals surface area contributed by atoms with Crippen molar-refractivity contribution < 1.29 is 17.9 Å². The Labute approximate surface area is 377 Å². The smallest absolute Gasteiger partial charge is 0.304 e. The van der Waals surface area contributed by atoms with Gasteiger partial charge in [0.05, 0.1) is 14.5 Å². The van der Waals surface area contributed by atoms with Crippen LogP contribution in [0.5, 0.6) is 0 Å². The number of hydrogen-bond acceptors (Lipinski definition) is 1. The van der Waals surface area contributed by atoms with Gasteiger partial charge in [0.25, 0.3) is 0 Å². The van der Waals surface area contributed by atoms with Crippen molar-refractivity contribution in [3.63, 3.8) is 0 Å². The summed E-state index contributed by atoms with van der Waals surface area (Å²) >= 11 is 0. The predicted octanol–water partition coefficient (Wildman–Crippen LogP) is 14.2. The molecule has 9 aromatic rings. The maximum absolute atomic E-state index is 14.1. The Morgan fingerprint density at radius 1 is 0.750 bits per heavy atom. The van der Waals surface area contributed by atoms with Crippen LogP contribution in [0.3, 0.4) is 0 Å². The second-order valence-electron chi connectivity index (χ2n) is 19.9. The Morgan fingerprint density at radius 2 is 1.45 bits per heavy atom. The number of pyridine rings is 1. The molecule has 6 heteroatoms. The summed E-state index contributed by atoms with van der Waals surface area (Å²) in [7, 11) is -1.65. The summed E-state index contributed by atoms with van der Waals surface area (Å²) < 4.78 is 29.0. The molecule has 3 aromatic heterocycles. The van der Waals surface area contributed by atoms with Gasteiger partial charge in [0, 0.05) is 44.6 Å². The minimum atomic E-state index is -1.65. The molecule has 318 valence electrons. The van der Waals surface area contributed by atoms with Crippen LogP contribution in [0.25, 0.3) is 78.1 Å². The van der Waals surface area contributed by atoms with E-state index < -0.39 is 8.07 Å². The molecule has 4 nitrogen and oxygen atoms in total. The number of hydrogen-bond donors (Lipinski definition) is 0. The van der Waals surface area contributed by atoms with Crippen LogP contribution < -0.4 is 14.3 Å². The van der Waals surface area contributed by atoms with Crippen molar-refractivity contribution in [2.75, 3.05) is 0 Å². The van der Waals surface area contributed by atoms with Crippen LogP contribution in [-0.2, 0) is 6.42 Å². The number of halogens is 1. The Bertz CT molecular complexity index is 3320. The molecule has 5 heterocycles. The molecular weight excluding hydrogens is 802 g/mol. The van der Waals surface area contributed by atoms with Crippen LogP contribution in [-0.4, -0.2) is 12.6 Å². The third-order valence-corrected chi connectivity index (χ3v) is 16.3. The predicted molar refractivity (Wildman–Crippen MR) is 265 cm³/mol. The SMILES string of the molecule is C=C1CC2C(CCc3ccc4c(oc5cc(-c6ccc(F)cc6)ccc54)c3-c3n(-c4c(C(C)C)cccc4C(C)C)c4ccccc4[n+]31)c1ccccc1-c1ccc([Si](C)(C)C)c[n+]12. The Hall–Kier alpha value is -6.37. The van der Waals surface area contributed by atoms with Gasteiger partial charge in [-0.2, -0.15) is 13.7 Å². The maximum Gasteiger partial charge on any atom is 0.304 e. The van der Waals surface area contributed by atoms with E-state index in [0.29, 0.717) is 0 Å². The molecule has 0 saturated heterocycles. The molecule has 2 atom stereocenters. The van der Waals surface area contributed by atoms with E-state index in [0.717, 1.165) is 80.4 Å². The number of fused-ring (bicyclic) bond motifs is 15. The van der Waals surface area contributed by atoms with E-state index in [1.54, 1.807) is 0 Å². The summed E-state index contributed by atoms with van der Waals surface area (Å²) in [5, 5.41) is 3.61. The van der Waals surface area contributed by atoms with Crippen molar-refractivity contribution in [1.29, 1.82) is 0 Å². The lowest BCUT2D eigenvalue weighted by molar-refractivity contribution is -0.719. The van der Waals surface area contributed by atoms with Crippen molar-refractivity contribution in [1.82, 2.24) is 4.57 Å². The van der Waals surface area contributed by atoms with E-state index in [1.807, 2.05) is 12.1 Å². The number of benzene rings is 6. The Balaban J connectivity index is 1.25. The first-order chi connectivity index (χ1) is 30.9. The van der Waals surface area contributed by atoms with Crippen molar-refractivity contribution in [3.05, 3.63) is 174 Å². The average molecular weight is 858 g/mol. The molecule has 64 heavy (non-hydrogen) atoms. The van der Waals surface area contributed by atoms with Crippen molar-refractivity contribution >= 4 is 51.9 Å². The van der Waals surface area contributed by atoms with Gasteiger partial charge in [0.15, 0.2) is 28.9 Å². The van der Waals surface area contributed by atoms with E-state index in [2.05, 4.69) is 176 Å². The van der Waals surface area contributed by atoms with E-state index in [-0.39, 0.29) is 29.6 Å². The number of rotatable bonds is 5. The highest BCUT2D eigenvalue weighted by atomic mass is 28.3.